The zero-order valence-electron chi connectivity index (χ0n) is 16.2. The second kappa shape index (κ2) is 7.83. The summed E-state index contributed by atoms with van der Waals surface area (Å²) in [5.41, 5.74) is 4.79. The zero-order valence-corrected chi connectivity index (χ0v) is 16.9. The number of fused-ring (bicyclic) bond motifs is 1. The van der Waals surface area contributed by atoms with Gasteiger partial charge in [0.25, 0.3) is 5.56 Å². The summed E-state index contributed by atoms with van der Waals surface area (Å²) in [7, 11) is 1.78. The summed E-state index contributed by atoms with van der Waals surface area (Å²) >= 11 is 6.57. The minimum atomic E-state index is -0.0480. The van der Waals surface area contributed by atoms with Crippen molar-refractivity contribution in [3.8, 4) is 11.4 Å². The Bertz CT molecular complexity index is 869. The molecule has 1 N–H and O–H groups in total. The van der Waals surface area contributed by atoms with E-state index in [1.54, 1.807) is 11.6 Å². The van der Waals surface area contributed by atoms with E-state index >= 15 is 0 Å². The third kappa shape index (κ3) is 3.52. The number of rotatable bonds is 5. The van der Waals surface area contributed by atoms with Crippen LogP contribution in [-0.2, 0) is 19.9 Å². The third-order valence-corrected chi connectivity index (χ3v) is 5.79. The lowest BCUT2D eigenvalue weighted by atomic mass is 9.90. The minimum Gasteiger partial charge on any atom is -0.376 e. The molecule has 1 aromatic heterocycles. The number of anilines is 1. The van der Waals surface area contributed by atoms with Gasteiger partial charge in [-0.1, -0.05) is 25.4 Å². The van der Waals surface area contributed by atoms with E-state index in [0.717, 1.165) is 36.9 Å². The highest BCUT2D eigenvalue weighted by Gasteiger charge is 2.19. The molecule has 0 radical (unpaired) electrons. The van der Waals surface area contributed by atoms with Crippen molar-refractivity contribution in [3.05, 3.63) is 44.3 Å². The van der Waals surface area contributed by atoms with Gasteiger partial charge in [0.2, 0.25) is 0 Å². The van der Waals surface area contributed by atoms with Crippen LogP contribution in [0.4, 0.5) is 5.69 Å². The van der Waals surface area contributed by atoms with Gasteiger partial charge in [0, 0.05) is 18.7 Å². The number of nitrogens with one attached hydrogen (secondary N) is 1. The van der Waals surface area contributed by atoms with Crippen molar-refractivity contribution >= 4 is 17.3 Å². The van der Waals surface area contributed by atoms with Crippen LogP contribution >= 0.6 is 11.6 Å². The lowest BCUT2D eigenvalue weighted by Crippen LogP contribution is -2.29. The Kier molecular flexibility index (Phi) is 5.71. The number of halogens is 1. The number of benzene rings is 1. The Morgan fingerprint density at radius 2 is 1.81 bits per heavy atom. The van der Waals surface area contributed by atoms with E-state index < -0.39 is 0 Å². The monoisotopic (exact) mass is 373 g/mol. The SMILES string of the molecule is CCC(CC)Nc1c(C)nc(-c2cc3c(cc2Cl)CCCC3)n(C)c1=O. The number of aryl methyl sites for hydroxylation is 3. The fourth-order valence-electron chi connectivity index (χ4n) is 3.74. The van der Waals surface area contributed by atoms with Gasteiger partial charge in [-0.15, -0.1) is 0 Å². The van der Waals surface area contributed by atoms with Crippen molar-refractivity contribution < 1.29 is 0 Å². The predicted octanol–water partition coefficient (Wildman–Crippen LogP) is 4.89. The van der Waals surface area contributed by atoms with E-state index in [-0.39, 0.29) is 11.6 Å². The Morgan fingerprint density at radius 3 is 2.42 bits per heavy atom. The molecule has 4 nitrogen and oxygen atoms in total. The van der Waals surface area contributed by atoms with E-state index in [9.17, 15) is 4.79 Å². The highest BCUT2D eigenvalue weighted by Crippen LogP contribution is 2.33. The molecule has 1 heterocycles. The molecule has 1 aliphatic carbocycles. The molecule has 2 aromatic rings. The second-order valence-corrected chi connectivity index (χ2v) is 7.63. The number of hydrogen-bond donors (Lipinski definition) is 1. The molecule has 0 fully saturated rings. The molecular formula is C21H28ClN3O. The molecule has 0 spiro atoms. The molecule has 0 atom stereocenters. The molecule has 0 saturated carbocycles. The van der Waals surface area contributed by atoms with Crippen LogP contribution in [0.2, 0.25) is 5.02 Å². The van der Waals surface area contributed by atoms with Gasteiger partial charge in [0.05, 0.1) is 10.7 Å². The zero-order chi connectivity index (χ0) is 18.8. The van der Waals surface area contributed by atoms with E-state index in [1.807, 2.05) is 6.92 Å². The van der Waals surface area contributed by atoms with Crippen LogP contribution in [0.15, 0.2) is 16.9 Å². The number of hydrogen-bond acceptors (Lipinski definition) is 3. The van der Waals surface area contributed by atoms with Crippen LogP contribution in [0.5, 0.6) is 0 Å². The van der Waals surface area contributed by atoms with Gasteiger partial charge < -0.3 is 5.32 Å². The Labute approximate surface area is 160 Å². The molecule has 26 heavy (non-hydrogen) atoms. The molecule has 1 aliphatic rings. The third-order valence-electron chi connectivity index (χ3n) is 5.48. The lowest BCUT2D eigenvalue weighted by Gasteiger charge is -2.21. The van der Waals surface area contributed by atoms with Gasteiger partial charge in [-0.2, -0.15) is 0 Å². The normalized spacial score (nSPS) is 13.8. The second-order valence-electron chi connectivity index (χ2n) is 7.23. The average molecular weight is 374 g/mol. The molecule has 0 bridgehead atoms. The van der Waals surface area contributed by atoms with Crippen LogP contribution < -0.4 is 10.9 Å². The Morgan fingerprint density at radius 1 is 1.19 bits per heavy atom. The maximum atomic E-state index is 13.0. The van der Waals surface area contributed by atoms with Crippen molar-refractivity contribution in [2.45, 2.75) is 65.3 Å². The molecule has 140 valence electrons. The maximum absolute atomic E-state index is 13.0. The smallest absolute Gasteiger partial charge is 0.277 e. The average Bonchev–Trinajstić information content (AvgIpc) is 2.64. The van der Waals surface area contributed by atoms with Gasteiger partial charge in [-0.05, 0) is 68.7 Å². The maximum Gasteiger partial charge on any atom is 0.277 e. The van der Waals surface area contributed by atoms with Crippen LogP contribution in [0, 0.1) is 6.92 Å². The first-order valence-electron chi connectivity index (χ1n) is 9.62. The van der Waals surface area contributed by atoms with E-state index in [0.29, 0.717) is 16.5 Å². The van der Waals surface area contributed by atoms with Gasteiger partial charge >= 0.3 is 0 Å². The molecule has 0 unspecified atom stereocenters. The summed E-state index contributed by atoms with van der Waals surface area (Å²) in [5, 5.41) is 4.04. The van der Waals surface area contributed by atoms with Crippen LogP contribution in [-0.4, -0.2) is 15.6 Å². The first-order chi connectivity index (χ1) is 12.5. The summed E-state index contributed by atoms with van der Waals surface area (Å²) in [6.45, 7) is 6.13. The van der Waals surface area contributed by atoms with Crippen molar-refractivity contribution in [2.24, 2.45) is 7.05 Å². The van der Waals surface area contributed by atoms with E-state index in [4.69, 9.17) is 16.6 Å². The minimum absolute atomic E-state index is 0.0480. The van der Waals surface area contributed by atoms with Crippen LogP contribution in [0.1, 0.15) is 56.4 Å². The van der Waals surface area contributed by atoms with Crippen LogP contribution in [0.25, 0.3) is 11.4 Å². The molecule has 3 rings (SSSR count). The molecule has 0 amide bonds. The van der Waals surface area contributed by atoms with Crippen molar-refractivity contribution in [2.75, 3.05) is 5.32 Å². The molecule has 1 aromatic carbocycles. The summed E-state index contributed by atoms with van der Waals surface area (Å²) in [6, 6.07) is 4.47. The molecular weight excluding hydrogens is 346 g/mol. The summed E-state index contributed by atoms with van der Waals surface area (Å²) in [5.74, 6) is 0.640. The quantitative estimate of drug-likeness (QED) is 0.811. The van der Waals surface area contributed by atoms with E-state index in [1.165, 1.54) is 24.0 Å². The van der Waals surface area contributed by atoms with Crippen molar-refractivity contribution in [1.29, 1.82) is 0 Å². The Balaban J connectivity index is 2.09. The first kappa shape index (κ1) is 19.0. The standard InChI is InChI=1S/C21H28ClN3O/c1-5-16(6-2)24-19-13(3)23-20(25(4)21(19)26)17-11-14-9-7-8-10-15(14)12-18(17)22/h11-12,16,24H,5-10H2,1-4H3. The van der Waals surface area contributed by atoms with Gasteiger partial charge in [0.1, 0.15) is 11.5 Å². The van der Waals surface area contributed by atoms with Crippen molar-refractivity contribution in [3.63, 3.8) is 0 Å². The van der Waals surface area contributed by atoms with Crippen LogP contribution in [0.3, 0.4) is 0 Å². The lowest BCUT2D eigenvalue weighted by molar-refractivity contribution is 0.665. The Hall–Kier alpha value is -1.81. The topological polar surface area (TPSA) is 46.9 Å². The van der Waals surface area contributed by atoms with Gasteiger partial charge in [0.15, 0.2) is 0 Å². The van der Waals surface area contributed by atoms with Gasteiger partial charge in [-0.25, -0.2) is 4.98 Å². The fourth-order valence-corrected chi connectivity index (χ4v) is 4.01. The predicted molar refractivity (Wildman–Crippen MR) is 109 cm³/mol. The summed E-state index contributed by atoms with van der Waals surface area (Å²) in [4.78, 5) is 17.7. The summed E-state index contributed by atoms with van der Waals surface area (Å²) in [6.07, 6.45) is 6.52. The molecule has 0 aliphatic heterocycles. The first-order valence-corrected chi connectivity index (χ1v) is 9.99. The van der Waals surface area contributed by atoms with Crippen molar-refractivity contribution in [1.82, 2.24) is 9.55 Å². The largest absolute Gasteiger partial charge is 0.376 e. The summed E-state index contributed by atoms with van der Waals surface area (Å²) < 4.78 is 1.62. The molecule has 0 saturated heterocycles. The number of aromatic nitrogens is 2. The van der Waals surface area contributed by atoms with E-state index in [2.05, 4.69) is 31.3 Å². The number of nitrogens with zero attached hydrogens (tertiary/aromatic N) is 2. The molecule has 5 heteroatoms. The highest BCUT2D eigenvalue weighted by molar-refractivity contribution is 6.33. The highest BCUT2D eigenvalue weighted by atomic mass is 35.5. The fraction of sp³-hybridized carbons (Fsp3) is 0.524. The van der Waals surface area contributed by atoms with Gasteiger partial charge in [-0.3, -0.25) is 9.36 Å².